The first-order chi connectivity index (χ1) is 14.6. The summed E-state index contributed by atoms with van der Waals surface area (Å²) in [5.74, 6) is 0. The first kappa shape index (κ1) is 22.2. The van der Waals surface area contributed by atoms with Gasteiger partial charge in [0.05, 0.1) is 4.92 Å². The van der Waals surface area contributed by atoms with Crippen LogP contribution in [0.15, 0.2) is 48.5 Å². The second-order valence-electron chi connectivity index (χ2n) is 8.27. The summed E-state index contributed by atoms with van der Waals surface area (Å²) in [6.07, 6.45) is 7.35. The van der Waals surface area contributed by atoms with E-state index in [2.05, 4.69) is 21.9 Å². The number of anilines is 1. The molecule has 0 saturated carbocycles. The maximum Gasteiger partial charge on any atom is 0.269 e. The molecule has 2 aliphatic heterocycles. The van der Waals surface area contributed by atoms with Crippen LogP contribution < -0.4 is 5.73 Å². The van der Waals surface area contributed by atoms with E-state index in [1.54, 1.807) is 18.2 Å². The number of nitrogens with two attached hydrogens (primary N) is 1. The Morgan fingerprint density at radius 2 is 1.30 bits per heavy atom. The molecular weight excluding hydrogens is 376 g/mol. The Kier molecular flexibility index (Phi) is 8.66. The molecule has 2 aromatic carbocycles. The average molecular weight is 411 g/mol. The molecule has 0 aromatic heterocycles. The topological polar surface area (TPSA) is 75.6 Å². The number of hydrogen-bond acceptors (Lipinski definition) is 5. The molecule has 0 unspecified atom stereocenters. The number of rotatable bonds is 7. The summed E-state index contributed by atoms with van der Waals surface area (Å²) in [6, 6.07) is 15.2. The lowest BCUT2D eigenvalue weighted by Gasteiger charge is -2.14. The van der Waals surface area contributed by atoms with Gasteiger partial charge in [0.15, 0.2) is 0 Å². The minimum atomic E-state index is -0.334. The molecule has 0 radical (unpaired) electrons. The molecule has 0 bridgehead atoms. The molecule has 0 atom stereocenters. The van der Waals surface area contributed by atoms with Gasteiger partial charge in [0, 0.05) is 30.9 Å². The van der Waals surface area contributed by atoms with Gasteiger partial charge >= 0.3 is 0 Å². The van der Waals surface area contributed by atoms with Crippen LogP contribution in [-0.2, 0) is 12.8 Å². The lowest BCUT2D eigenvalue weighted by molar-refractivity contribution is -0.384. The zero-order chi connectivity index (χ0) is 21.2. The zero-order valence-corrected chi connectivity index (χ0v) is 17.8. The summed E-state index contributed by atoms with van der Waals surface area (Å²) in [7, 11) is 0. The Balaban J connectivity index is 0.000000172. The van der Waals surface area contributed by atoms with Crippen LogP contribution in [0, 0.1) is 10.1 Å². The fourth-order valence-electron chi connectivity index (χ4n) is 4.16. The highest BCUT2D eigenvalue weighted by molar-refractivity contribution is 5.40. The Hall–Kier alpha value is -2.44. The SMILES string of the molecule is Nc1cccc(CCN2CCCC2)c1.O=[N+]([O-])c1cccc(CCN2CCCC2)c1. The van der Waals surface area contributed by atoms with Gasteiger partial charge in [0.2, 0.25) is 0 Å². The first-order valence-electron chi connectivity index (χ1n) is 11.1. The molecule has 30 heavy (non-hydrogen) atoms. The number of hydrogen-bond donors (Lipinski definition) is 1. The standard InChI is InChI=1S/C12H16N2O2.C12H18N2/c15-14(16)12-5-3-4-11(10-12)6-9-13-7-1-2-8-13;13-12-5-3-4-11(10-12)6-9-14-7-1-2-8-14/h3-5,10H,1-2,6-9H2;3-5,10H,1-2,6-9,13H2. The van der Waals surface area contributed by atoms with E-state index >= 15 is 0 Å². The van der Waals surface area contributed by atoms with Gasteiger partial charge in [-0.1, -0.05) is 24.3 Å². The number of non-ortho nitro benzene ring substituents is 1. The monoisotopic (exact) mass is 410 g/mol. The van der Waals surface area contributed by atoms with Gasteiger partial charge in [-0.05, 0) is 88.0 Å². The average Bonchev–Trinajstić information content (AvgIpc) is 3.46. The summed E-state index contributed by atoms with van der Waals surface area (Å²) in [6.45, 7) is 7.11. The molecule has 0 aliphatic carbocycles. The van der Waals surface area contributed by atoms with E-state index in [9.17, 15) is 10.1 Å². The van der Waals surface area contributed by atoms with E-state index in [1.807, 2.05) is 18.2 Å². The van der Waals surface area contributed by atoms with Gasteiger partial charge < -0.3 is 15.5 Å². The number of nitro groups is 1. The molecule has 0 amide bonds. The van der Waals surface area contributed by atoms with Crippen LogP contribution >= 0.6 is 0 Å². The third-order valence-corrected chi connectivity index (χ3v) is 5.90. The summed E-state index contributed by atoms with van der Waals surface area (Å²) in [4.78, 5) is 15.2. The van der Waals surface area contributed by atoms with Gasteiger partial charge in [-0.15, -0.1) is 0 Å². The highest BCUT2D eigenvalue weighted by Gasteiger charge is 2.12. The minimum absolute atomic E-state index is 0.193. The molecule has 6 nitrogen and oxygen atoms in total. The molecule has 2 saturated heterocycles. The van der Waals surface area contributed by atoms with Crippen molar-refractivity contribution < 1.29 is 4.92 Å². The second-order valence-corrected chi connectivity index (χ2v) is 8.27. The van der Waals surface area contributed by atoms with Crippen LogP contribution in [-0.4, -0.2) is 54.0 Å². The number of nitrogens with zero attached hydrogens (tertiary/aromatic N) is 3. The van der Waals surface area contributed by atoms with Crippen LogP contribution in [0.25, 0.3) is 0 Å². The van der Waals surface area contributed by atoms with Gasteiger partial charge in [-0.3, -0.25) is 10.1 Å². The van der Waals surface area contributed by atoms with Gasteiger partial charge in [0.1, 0.15) is 0 Å². The second kappa shape index (κ2) is 11.7. The number of nitro benzene ring substituents is 1. The Labute approximate surface area is 179 Å². The fourth-order valence-corrected chi connectivity index (χ4v) is 4.16. The van der Waals surface area contributed by atoms with Crippen molar-refractivity contribution in [2.45, 2.75) is 38.5 Å². The van der Waals surface area contributed by atoms with Crippen molar-refractivity contribution in [2.24, 2.45) is 0 Å². The van der Waals surface area contributed by atoms with E-state index in [0.29, 0.717) is 0 Å². The number of likely N-dealkylation sites (tertiary alicyclic amines) is 2. The minimum Gasteiger partial charge on any atom is -0.399 e. The van der Waals surface area contributed by atoms with Crippen molar-refractivity contribution in [1.82, 2.24) is 9.80 Å². The molecular formula is C24H34N4O2. The van der Waals surface area contributed by atoms with E-state index < -0.39 is 0 Å². The number of benzene rings is 2. The maximum atomic E-state index is 10.6. The van der Waals surface area contributed by atoms with E-state index in [0.717, 1.165) is 30.6 Å². The van der Waals surface area contributed by atoms with Gasteiger partial charge in [-0.2, -0.15) is 0 Å². The summed E-state index contributed by atoms with van der Waals surface area (Å²) >= 11 is 0. The van der Waals surface area contributed by atoms with Crippen molar-refractivity contribution in [3.05, 3.63) is 69.8 Å². The Morgan fingerprint density at radius 1 is 0.800 bits per heavy atom. The third kappa shape index (κ3) is 7.43. The smallest absolute Gasteiger partial charge is 0.269 e. The molecule has 2 N–H and O–H groups in total. The van der Waals surface area contributed by atoms with Crippen LogP contribution in [0.1, 0.15) is 36.8 Å². The van der Waals surface area contributed by atoms with Crippen LogP contribution in [0.2, 0.25) is 0 Å². The van der Waals surface area contributed by atoms with Gasteiger partial charge in [-0.25, -0.2) is 0 Å². The van der Waals surface area contributed by atoms with Crippen LogP contribution in [0.4, 0.5) is 11.4 Å². The molecule has 2 aromatic rings. The number of nitrogen functional groups attached to an aromatic ring is 1. The molecule has 4 rings (SSSR count). The predicted molar refractivity (Wildman–Crippen MR) is 123 cm³/mol. The molecule has 6 heteroatoms. The first-order valence-corrected chi connectivity index (χ1v) is 11.1. The normalized spacial score (nSPS) is 16.9. The predicted octanol–water partition coefficient (Wildman–Crippen LogP) is 4.14. The molecule has 2 fully saturated rings. The molecule has 0 spiro atoms. The Bertz CT molecular complexity index is 799. The van der Waals surface area contributed by atoms with E-state index in [4.69, 9.17) is 5.73 Å². The Morgan fingerprint density at radius 3 is 1.80 bits per heavy atom. The quantitative estimate of drug-likeness (QED) is 0.422. The van der Waals surface area contributed by atoms with Crippen molar-refractivity contribution >= 4 is 11.4 Å². The largest absolute Gasteiger partial charge is 0.399 e. The maximum absolute atomic E-state index is 10.6. The molecule has 2 heterocycles. The lowest BCUT2D eigenvalue weighted by atomic mass is 10.1. The van der Waals surface area contributed by atoms with Crippen molar-refractivity contribution in [3.8, 4) is 0 Å². The van der Waals surface area contributed by atoms with Crippen molar-refractivity contribution in [3.63, 3.8) is 0 Å². The van der Waals surface area contributed by atoms with E-state index in [1.165, 1.54) is 64.0 Å². The molecule has 2 aliphatic rings. The highest BCUT2D eigenvalue weighted by atomic mass is 16.6. The van der Waals surface area contributed by atoms with Gasteiger partial charge in [0.25, 0.3) is 5.69 Å². The zero-order valence-electron chi connectivity index (χ0n) is 17.8. The third-order valence-electron chi connectivity index (χ3n) is 5.90. The molecule has 162 valence electrons. The van der Waals surface area contributed by atoms with Crippen LogP contribution in [0.3, 0.4) is 0 Å². The summed E-state index contributed by atoms with van der Waals surface area (Å²) < 4.78 is 0. The summed E-state index contributed by atoms with van der Waals surface area (Å²) in [5.41, 5.74) is 9.22. The van der Waals surface area contributed by atoms with Crippen molar-refractivity contribution in [2.75, 3.05) is 45.0 Å². The van der Waals surface area contributed by atoms with Crippen LogP contribution in [0.5, 0.6) is 0 Å². The fraction of sp³-hybridized carbons (Fsp3) is 0.500. The lowest BCUT2D eigenvalue weighted by Crippen LogP contribution is -2.21. The highest BCUT2D eigenvalue weighted by Crippen LogP contribution is 2.15. The summed E-state index contributed by atoms with van der Waals surface area (Å²) in [5, 5.41) is 10.6. The van der Waals surface area contributed by atoms with E-state index in [-0.39, 0.29) is 10.6 Å². The van der Waals surface area contributed by atoms with Crippen molar-refractivity contribution in [1.29, 1.82) is 0 Å².